The van der Waals surface area contributed by atoms with Gasteiger partial charge in [0, 0.05) is 22.6 Å². The first-order valence-electron chi connectivity index (χ1n) is 12.2. The molecular formula is C26H35Cl2N3O5S. The van der Waals surface area contributed by atoms with E-state index >= 15 is 0 Å². The largest absolute Gasteiger partial charge is 0.492 e. The SMILES string of the molecule is CCOc1ccccc1N(CC(=O)N(Cc1ccc(Cl)cc1Cl)C(CC)C(=O)NC(C)CC)S(C)(=O)=O. The fourth-order valence-corrected chi connectivity index (χ4v) is 5.05. The lowest BCUT2D eigenvalue weighted by molar-refractivity contribution is -0.140. The minimum Gasteiger partial charge on any atom is -0.492 e. The molecule has 8 nitrogen and oxygen atoms in total. The first-order chi connectivity index (χ1) is 17.4. The van der Waals surface area contributed by atoms with E-state index in [1.54, 1.807) is 56.3 Å². The third kappa shape index (κ3) is 8.51. The molecule has 0 bridgehead atoms. The van der Waals surface area contributed by atoms with Crippen LogP contribution in [0.2, 0.25) is 10.0 Å². The van der Waals surface area contributed by atoms with E-state index in [9.17, 15) is 18.0 Å². The number of halogens is 2. The van der Waals surface area contributed by atoms with E-state index in [-0.39, 0.29) is 24.2 Å². The Morgan fingerprint density at radius 3 is 2.30 bits per heavy atom. The minimum atomic E-state index is -3.89. The molecule has 0 fully saturated rings. The van der Waals surface area contributed by atoms with Crippen LogP contribution in [0.25, 0.3) is 0 Å². The molecule has 2 unspecified atom stereocenters. The second-order valence-corrected chi connectivity index (χ2v) is 11.4. The fraction of sp³-hybridized carbons (Fsp3) is 0.462. The molecule has 0 spiro atoms. The highest BCUT2D eigenvalue weighted by Crippen LogP contribution is 2.30. The molecular weight excluding hydrogens is 537 g/mol. The summed E-state index contributed by atoms with van der Waals surface area (Å²) in [5.41, 5.74) is 0.816. The summed E-state index contributed by atoms with van der Waals surface area (Å²) in [6.45, 7) is 7.19. The van der Waals surface area contributed by atoms with Crippen molar-refractivity contribution >= 4 is 50.7 Å². The first kappa shape index (κ1) is 30.7. The number of anilines is 1. The second-order valence-electron chi connectivity index (χ2n) is 8.67. The van der Waals surface area contributed by atoms with Gasteiger partial charge in [-0.1, -0.05) is 55.2 Å². The molecule has 0 saturated carbocycles. The van der Waals surface area contributed by atoms with Crippen molar-refractivity contribution in [2.24, 2.45) is 0 Å². The van der Waals surface area contributed by atoms with Gasteiger partial charge in [-0.15, -0.1) is 0 Å². The molecule has 2 atom stereocenters. The normalized spacial score (nSPS) is 12.9. The van der Waals surface area contributed by atoms with Crippen molar-refractivity contribution in [2.75, 3.05) is 23.7 Å². The van der Waals surface area contributed by atoms with Crippen LogP contribution in [0, 0.1) is 0 Å². The summed E-state index contributed by atoms with van der Waals surface area (Å²) < 4.78 is 32.3. The van der Waals surface area contributed by atoms with E-state index in [0.717, 1.165) is 17.0 Å². The smallest absolute Gasteiger partial charge is 0.244 e. The van der Waals surface area contributed by atoms with Crippen molar-refractivity contribution in [3.63, 3.8) is 0 Å². The molecule has 37 heavy (non-hydrogen) atoms. The molecule has 0 aliphatic heterocycles. The summed E-state index contributed by atoms with van der Waals surface area (Å²) >= 11 is 12.4. The number of nitrogens with zero attached hydrogens (tertiary/aromatic N) is 2. The lowest BCUT2D eigenvalue weighted by Crippen LogP contribution is -2.53. The van der Waals surface area contributed by atoms with E-state index in [1.807, 2.05) is 13.8 Å². The van der Waals surface area contributed by atoms with Crippen LogP contribution in [0.3, 0.4) is 0 Å². The maximum absolute atomic E-state index is 13.8. The van der Waals surface area contributed by atoms with Gasteiger partial charge in [0.25, 0.3) is 0 Å². The topological polar surface area (TPSA) is 96.0 Å². The van der Waals surface area contributed by atoms with Crippen LogP contribution in [0.4, 0.5) is 5.69 Å². The zero-order valence-corrected chi connectivity index (χ0v) is 24.2. The number of nitrogens with one attached hydrogen (secondary N) is 1. The van der Waals surface area contributed by atoms with Crippen LogP contribution < -0.4 is 14.4 Å². The van der Waals surface area contributed by atoms with Crippen molar-refractivity contribution in [3.05, 3.63) is 58.1 Å². The zero-order valence-electron chi connectivity index (χ0n) is 21.8. The van der Waals surface area contributed by atoms with Gasteiger partial charge in [0.1, 0.15) is 18.3 Å². The second kappa shape index (κ2) is 13.9. The van der Waals surface area contributed by atoms with Gasteiger partial charge in [-0.2, -0.15) is 0 Å². The monoisotopic (exact) mass is 571 g/mol. The van der Waals surface area contributed by atoms with Gasteiger partial charge in [0.2, 0.25) is 21.8 Å². The Morgan fingerprint density at radius 2 is 1.73 bits per heavy atom. The number of carbonyl (C=O) groups excluding carboxylic acids is 2. The predicted octanol–water partition coefficient (Wildman–Crippen LogP) is 4.88. The Morgan fingerprint density at radius 1 is 1.05 bits per heavy atom. The average Bonchev–Trinajstić information content (AvgIpc) is 2.83. The summed E-state index contributed by atoms with van der Waals surface area (Å²) in [7, 11) is -3.89. The Bertz CT molecular complexity index is 1190. The van der Waals surface area contributed by atoms with Crippen LogP contribution in [0.15, 0.2) is 42.5 Å². The highest BCUT2D eigenvalue weighted by Gasteiger charge is 2.33. The number of rotatable bonds is 13. The molecule has 0 radical (unpaired) electrons. The van der Waals surface area contributed by atoms with Gasteiger partial charge < -0.3 is 15.0 Å². The average molecular weight is 573 g/mol. The maximum Gasteiger partial charge on any atom is 0.244 e. The number of hydrogen-bond donors (Lipinski definition) is 1. The zero-order chi connectivity index (χ0) is 27.8. The molecule has 0 aliphatic rings. The molecule has 2 aromatic carbocycles. The maximum atomic E-state index is 13.8. The number of amides is 2. The highest BCUT2D eigenvalue weighted by atomic mass is 35.5. The Labute approximate surface area is 229 Å². The van der Waals surface area contributed by atoms with Crippen molar-refractivity contribution in [3.8, 4) is 5.75 Å². The number of carbonyl (C=O) groups is 2. The van der Waals surface area contributed by atoms with Gasteiger partial charge >= 0.3 is 0 Å². The number of hydrogen-bond acceptors (Lipinski definition) is 5. The molecule has 2 amide bonds. The summed E-state index contributed by atoms with van der Waals surface area (Å²) in [6.07, 6.45) is 2.05. The molecule has 204 valence electrons. The van der Waals surface area contributed by atoms with Crippen molar-refractivity contribution in [1.29, 1.82) is 0 Å². The quantitative estimate of drug-likeness (QED) is 0.369. The Hall–Kier alpha value is -2.49. The van der Waals surface area contributed by atoms with Gasteiger partial charge in [-0.25, -0.2) is 8.42 Å². The fourth-order valence-electron chi connectivity index (χ4n) is 3.73. The lowest BCUT2D eigenvalue weighted by Gasteiger charge is -2.33. The van der Waals surface area contributed by atoms with Crippen LogP contribution >= 0.6 is 23.2 Å². The predicted molar refractivity (Wildman–Crippen MR) is 149 cm³/mol. The summed E-state index contributed by atoms with van der Waals surface area (Å²) in [6, 6.07) is 10.5. The first-order valence-corrected chi connectivity index (χ1v) is 14.8. The van der Waals surface area contributed by atoms with Crippen LogP contribution in [0.5, 0.6) is 5.75 Å². The van der Waals surface area contributed by atoms with Gasteiger partial charge in [-0.3, -0.25) is 13.9 Å². The van der Waals surface area contributed by atoms with E-state index in [0.29, 0.717) is 34.4 Å². The minimum absolute atomic E-state index is 0.00796. The van der Waals surface area contributed by atoms with Crippen LogP contribution in [-0.2, 0) is 26.2 Å². The summed E-state index contributed by atoms with van der Waals surface area (Å²) in [5.74, 6) is -0.554. The number of benzene rings is 2. The molecule has 0 saturated heterocycles. The van der Waals surface area contributed by atoms with E-state index in [2.05, 4.69) is 5.32 Å². The molecule has 2 aromatic rings. The molecule has 0 heterocycles. The van der Waals surface area contributed by atoms with Gasteiger partial charge in [0.05, 0.1) is 18.6 Å². The van der Waals surface area contributed by atoms with Crippen LogP contribution in [-0.4, -0.2) is 56.6 Å². The number of ether oxygens (including phenoxy) is 1. The van der Waals surface area contributed by atoms with Gasteiger partial charge in [0.15, 0.2) is 0 Å². The van der Waals surface area contributed by atoms with Crippen molar-refractivity contribution in [1.82, 2.24) is 10.2 Å². The Kier molecular flexibility index (Phi) is 11.5. The highest BCUT2D eigenvalue weighted by molar-refractivity contribution is 7.92. The van der Waals surface area contributed by atoms with Crippen molar-refractivity contribution < 1.29 is 22.7 Å². The summed E-state index contributed by atoms with van der Waals surface area (Å²) in [5, 5.41) is 3.70. The molecule has 0 aliphatic carbocycles. The Balaban J connectivity index is 2.52. The molecule has 0 aromatic heterocycles. The summed E-state index contributed by atoms with van der Waals surface area (Å²) in [4.78, 5) is 28.4. The van der Waals surface area contributed by atoms with Gasteiger partial charge in [-0.05, 0) is 56.5 Å². The lowest BCUT2D eigenvalue weighted by atomic mass is 10.1. The van der Waals surface area contributed by atoms with E-state index in [1.165, 1.54) is 4.90 Å². The molecule has 1 N–H and O–H groups in total. The van der Waals surface area contributed by atoms with E-state index in [4.69, 9.17) is 27.9 Å². The third-order valence-corrected chi connectivity index (χ3v) is 7.57. The molecule has 2 rings (SSSR count). The van der Waals surface area contributed by atoms with E-state index < -0.39 is 28.5 Å². The third-order valence-electron chi connectivity index (χ3n) is 5.86. The van der Waals surface area contributed by atoms with Crippen molar-refractivity contribution in [2.45, 2.75) is 59.2 Å². The number of para-hydroxylation sites is 2. The van der Waals surface area contributed by atoms with Crippen LogP contribution in [0.1, 0.15) is 46.1 Å². The standard InChI is InChI=1S/C26H35Cl2N3O5S/c1-6-18(4)29-26(33)22(7-2)30(16-19-13-14-20(27)15-21(19)28)25(32)17-31(37(5,34)35)23-11-9-10-12-24(23)36-8-3/h9-15,18,22H,6-8,16-17H2,1-5H3,(H,29,33). The molecule has 11 heteroatoms. The number of sulfonamides is 1.